The molecule has 1 aliphatic rings. The van der Waals surface area contributed by atoms with Gasteiger partial charge < -0.3 is 15.4 Å². The molecule has 1 atom stereocenters. The predicted molar refractivity (Wildman–Crippen MR) is 130 cm³/mol. The minimum atomic E-state index is -0.324. The summed E-state index contributed by atoms with van der Waals surface area (Å²) in [5.41, 5.74) is 4.81. The molecule has 1 aromatic heterocycles. The molecular formula is C27H23FN4O2. The topological polar surface area (TPSA) is 68.2 Å². The van der Waals surface area contributed by atoms with Crippen LogP contribution in [0.15, 0.2) is 85.1 Å². The summed E-state index contributed by atoms with van der Waals surface area (Å²) in [6.07, 6.45) is 3.56. The van der Waals surface area contributed by atoms with E-state index in [9.17, 15) is 9.18 Å². The van der Waals surface area contributed by atoms with E-state index in [0.717, 1.165) is 28.1 Å². The Labute approximate surface area is 196 Å². The first-order chi connectivity index (χ1) is 16.5. The molecular weight excluding hydrogens is 431 g/mol. The van der Waals surface area contributed by atoms with Crippen molar-refractivity contribution >= 4 is 23.1 Å². The number of nitrogens with zero attached hydrogens (tertiary/aromatic N) is 2. The van der Waals surface area contributed by atoms with E-state index in [2.05, 4.69) is 15.7 Å². The van der Waals surface area contributed by atoms with E-state index in [1.54, 1.807) is 30.1 Å². The number of anilines is 2. The summed E-state index contributed by atoms with van der Waals surface area (Å²) in [5, 5.41) is 10.8. The Balaban J connectivity index is 1.54. The Bertz CT molecular complexity index is 1360. The molecule has 0 saturated carbocycles. The molecule has 4 aromatic rings. The quantitative estimate of drug-likeness (QED) is 0.409. The van der Waals surface area contributed by atoms with Gasteiger partial charge in [0.2, 0.25) is 0 Å². The van der Waals surface area contributed by atoms with Crippen molar-refractivity contribution < 1.29 is 13.9 Å². The smallest absolute Gasteiger partial charge is 0.261 e. The van der Waals surface area contributed by atoms with Gasteiger partial charge in [-0.05, 0) is 72.7 Å². The number of allylic oxidation sites excluding steroid dienone is 1. The standard InChI is InChI=1S/C27H23FN4O2/c1-17-3-11-21(12-4-17)30-27(33)23-16-29-32-25(19-5-9-20(28)10-6-19)15-24(31-26(23)32)18-7-13-22(34-2)14-8-18/h3-16,25,31H,1-2H3,(H,30,33)/t25-/m1/s1. The lowest BCUT2D eigenvalue weighted by Crippen LogP contribution is -2.22. The SMILES string of the molecule is COc1ccc(C2=C[C@H](c3ccc(F)cc3)n3ncc(C(=O)Nc4ccc(C)cc4)c3N2)cc1. The summed E-state index contributed by atoms with van der Waals surface area (Å²) in [5.74, 6) is 0.730. The van der Waals surface area contributed by atoms with Gasteiger partial charge in [-0.25, -0.2) is 9.07 Å². The van der Waals surface area contributed by atoms with Crippen LogP contribution >= 0.6 is 0 Å². The number of hydrogen-bond donors (Lipinski definition) is 2. The second kappa shape index (κ2) is 8.86. The summed E-state index contributed by atoms with van der Waals surface area (Å²) in [6.45, 7) is 1.99. The van der Waals surface area contributed by atoms with Crippen LogP contribution < -0.4 is 15.4 Å². The van der Waals surface area contributed by atoms with Crippen LogP contribution in [0.3, 0.4) is 0 Å². The van der Waals surface area contributed by atoms with E-state index < -0.39 is 0 Å². The zero-order chi connectivity index (χ0) is 23.7. The lowest BCUT2D eigenvalue weighted by molar-refractivity contribution is 0.102. The number of benzene rings is 3. The largest absolute Gasteiger partial charge is 0.497 e. The minimum Gasteiger partial charge on any atom is -0.497 e. The number of carbonyl (C=O) groups is 1. The molecule has 2 heterocycles. The number of ether oxygens (including phenoxy) is 1. The van der Waals surface area contributed by atoms with Gasteiger partial charge in [-0.15, -0.1) is 0 Å². The highest BCUT2D eigenvalue weighted by atomic mass is 19.1. The average Bonchev–Trinajstić information content (AvgIpc) is 3.30. The van der Waals surface area contributed by atoms with E-state index in [1.165, 1.54) is 12.1 Å². The van der Waals surface area contributed by atoms with Crippen LogP contribution in [-0.4, -0.2) is 22.8 Å². The Morgan fingerprint density at radius 1 is 1.03 bits per heavy atom. The van der Waals surface area contributed by atoms with Gasteiger partial charge in [-0.3, -0.25) is 4.79 Å². The number of fused-ring (bicyclic) bond motifs is 1. The highest BCUT2D eigenvalue weighted by Crippen LogP contribution is 2.36. The number of aromatic nitrogens is 2. The molecule has 0 spiro atoms. The van der Waals surface area contributed by atoms with Crippen LogP contribution in [0.25, 0.3) is 5.70 Å². The predicted octanol–water partition coefficient (Wildman–Crippen LogP) is 5.65. The van der Waals surface area contributed by atoms with Crippen molar-refractivity contribution in [2.45, 2.75) is 13.0 Å². The van der Waals surface area contributed by atoms with Gasteiger partial charge in [0, 0.05) is 11.4 Å². The van der Waals surface area contributed by atoms with Crippen LogP contribution in [-0.2, 0) is 0 Å². The van der Waals surface area contributed by atoms with Crippen LogP contribution in [0.2, 0.25) is 0 Å². The maximum Gasteiger partial charge on any atom is 0.261 e. The fraction of sp³-hybridized carbons (Fsp3) is 0.111. The summed E-state index contributed by atoms with van der Waals surface area (Å²) in [6, 6.07) is 21.2. The van der Waals surface area contributed by atoms with Crippen molar-refractivity contribution in [3.63, 3.8) is 0 Å². The van der Waals surface area contributed by atoms with Gasteiger partial charge in [0.25, 0.3) is 5.91 Å². The minimum absolute atomic E-state index is 0.272. The van der Waals surface area contributed by atoms with Crippen LogP contribution in [0.5, 0.6) is 5.75 Å². The second-order valence-corrected chi connectivity index (χ2v) is 8.10. The maximum atomic E-state index is 13.6. The Morgan fingerprint density at radius 3 is 2.41 bits per heavy atom. The van der Waals surface area contributed by atoms with Crippen LogP contribution in [0.4, 0.5) is 15.9 Å². The van der Waals surface area contributed by atoms with Crippen molar-refractivity contribution in [1.29, 1.82) is 0 Å². The molecule has 0 saturated heterocycles. The van der Waals surface area contributed by atoms with E-state index in [0.29, 0.717) is 17.1 Å². The molecule has 0 aliphatic carbocycles. The van der Waals surface area contributed by atoms with Crippen molar-refractivity contribution in [1.82, 2.24) is 9.78 Å². The summed E-state index contributed by atoms with van der Waals surface area (Å²) in [7, 11) is 1.62. The number of rotatable bonds is 5. The van der Waals surface area contributed by atoms with Crippen LogP contribution in [0.1, 0.15) is 33.1 Å². The number of methoxy groups -OCH3 is 1. The van der Waals surface area contributed by atoms with Crippen molar-refractivity contribution in [3.05, 3.63) is 113 Å². The normalized spacial score (nSPS) is 14.6. The summed E-state index contributed by atoms with van der Waals surface area (Å²) >= 11 is 0. The Kier molecular flexibility index (Phi) is 5.59. The Hall–Kier alpha value is -4.39. The van der Waals surface area contributed by atoms with Crippen molar-refractivity contribution in [2.75, 3.05) is 17.7 Å². The van der Waals surface area contributed by atoms with Crippen LogP contribution in [0, 0.1) is 12.7 Å². The number of nitrogens with one attached hydrogen (secondary N) is 2. The van der Waals surface area contributed by atoms with Gasteiger partial charge >= 0.3 is 0 Å². The molecule has 2 N–H and O–H groups in total. The maximum absolute atomic E-state index is 13.6. The molecule has 34 heavy (non-hydrogen) atoms. The van der Waals surface area contributed by atoms with Gasteiger partial charge in [0.15, 0.2) is 0 Å². The molecule has 1 aliphatic heterocycles. The molecule has 1 amide bonds. The zero-order valence-electron chi connectivity index (χ0n) is 18.7. The van der Waals surface area contributed by atoms with E-state index in [-0.39, 0.29) is 17.8 Å². The third-order valence-electron chi connectivity index (χ3n) is 5.80. The molecule has 0 unspecified atom stereocenters. The first kappa shape index (κ1) is 21.5. The number of carbonyl (C=O) groups excluding carboxylic acids is 1. The zero-order valence-corrected chi connectivity index (χ0v) is 18.7. The lowest BCUT2D eigenvalue weighted by atomic mass is 10.0. The fourth-order valence-corrected chi connectivity index (χ4v) is 3.93. The molecule has 6 nitrogen and oxygen atoms in total. The lowest BCUT2D eigenvalue weighted by Gasteiger charge is -2.26. The highest BCUT2D eigenvalue weighted by molar-refractivity contribution is 6.08. The van der Waals surface area contributed by atoms with Gasteiger partial charge in [-0.2, -0.15) is 5.10 Å². The molecule has 0 fully saturated rings. The van der Waals surface area contributed by atoms with Crippen molar-refractivity contribution in [2.24, 2.45) is 0 Å². The fourth-order valence-electron chi connectivity index (χ4n) is 3.93. The number of aryl methyl sites for hydroxylation is 1. The van der Waals surface area contributed by atoms with E-state index >= 15 is 0 Å². The molecule has 3 aromatic carbocycles. The monoisotopic (exact) mass is 454 g/mol. The van der Waals surface area contributed by atoms with Crippen molar-refractivity contribution in [3.8, 4) is 5.75 Å². The molecule has 7 heteroatoms. The van der Waals surface area contributed by atoms with Gasteiger partial charge in [0.05, 0.1) is 19.3 Å². The average molecular weight is 455 g/mol. The summed E-state index contributed by atoms with van der Waals surface area (Å²) in [4.78, 5) is 13.2. The van der Waals surface area contributed by atoms with Gasteiger partial charge in [-0.1, -0.05) is 29.8 Å². The number of halogens is 1. The first-order valence-electron chi connectivity index (χ1n) is 10.9. The molecule has 5 rings (SSSR count). The highest BCUT2D eigenvalue weighted by Gasteiger charge is 2.28. The Morgan fingerprint density at radius 2 is 1.74 bits per heavy atom. The third-order valence-corrected chi connectivity index (χ3v) is 5.80. The number of amides is 1. The van der Waals surface area contributed by atoms with E-state index in [4.69, 9.17) is 4.74 Å². The second-order valence-electron chi connectivity index (χ2n) is 8.10. The molecule has 170 valence electrons. The van der Waals surface area contributed by atoms with Gasteiger partial charge in [0.1, 0.15) is 22.9 Å². The molecule has 0 radical (unpaired) electrons. The molecule has 0 bridgehead atoms. The number of hydrogen-bond acceptors (Lipinski definition) is 4. The first-order valence-corrected chi connectivity index (χ1v) is 10.9. The summed E-state index contributed by atoms with van der Waals surface area (Å²) < 4.78 is 20.6. The van der Waals surface area contributed by atoms with E-state index in [1.807, 2.05) is 61.5 Å². The third kappa shape index (κ3) is 4.15.